The average molecular weight is 428 g/mol. The van der Waals surface area contributed by atoms with Gasteiger partial charge in [0.1, 0.15) is 6.17 Å². The summed E-state index contributed by atoms with van der Waals surface area (Å²) in [5.74, 6) is 0. The molecule has 1 atom stereocenters. The first-order chi connectivity index (χ1) is 14.5. The van der Waals surface area contributed by atoms with Crippen molar-refractivity contribution < 1.29 is 9.22 Å². The molecule has 0 bridgehead atoms. The molecule has 3 nitrogen and oxygen atoms in total. The lowest BCUT2D eigenvalue weighted by Crippen LogP contribution is -2.54. The van der Waals surface area contributed by atoms with E-state index in [1.807, 2.05) is 0 Å². The smallest absolute Gasteiger partial charge is 0.139 e. The lowest BCUT2D eigenvalue weighted by molar-refractivity contribution is -0.915. The van der Waals surface area contributed by atoms with Crippen molar-refractivity contribution in [3.63, 3.8) is 0 Å². The second-order valence-electron chi connectivity index (χ2n) is 10.1. The third-order valence-electron chi connectivity index (χ3n) is 6.62. The van der Waals surface area contributed by atoms with Crippen molar-refractivity contribution in [1.29, 1.82) is 0 Å². The SMILES string of the molecule is CCCCCCCCCCCCCCCCCCC(N)[N+](C)(C)CCCOCCC. The Hall–Kier alpha value is -0.120. The van der Waals surface area contributed by atoms with Gasteiger partial charge in [0.05, 0.1) is 27.2 Å². The number of hydrogen-bond acceptors (Lipinski definition) is 2. The van der Waals surface area contributed by atoms with Crippen LogP contribution in [-0.4, -0.2) is 44.5 Å². The third-order valence-corrected chi connectivity index (χ3v) is 6.62. The summed E-state index contributed by atoms with van der Waals surface area (Å²) in [6.07, 6.45) is 26.4. The van der Waals surface area contributed by atoms with Crippen LogP contribution in [0.25, 0.3) is 0 Å². The van der Waals surface area contributed by atoms with Crippen molar-refractivity contribution in [3.8, 4) is 0 Å². The van der Waals surface area contributed by atoms with Gasteiger partial charge in [-0.2, -0.15) is 0 Å². The molecular formula is C27H59N2O+. The zero-order valence-electron chi connectivity index (χ0n) is 21.6. The van der Waals surface area contributed by atoms with E-state index in [9.17, 15) is 0 Å². The second kappa shape index (κ2) is 22.1. The van der Waals surface area contributed by atoms with E-state index in [0.29, 0.717) is 0 Å². The number of nitrogens with zero attached hydrogens (tertiary/aromatic N) is 1. The molecule has 0 aromatic carbocycles. The highest BCUT2D eigenvalue weighted by Crippen LogP contribution is 2.15. The molecule has 0 amide bonds. The van der Waals surface area contributed by atoms with E-state index in [-0.39, 0.29) is 6.17 Å². The van der Waals surface area contributed by atoms with Crippen molar-refractivity contribution in [1.82, 2.24) is 0 Å². The van der Waals surface area contributed by atoms with Gasteiger partial charge in [0.2, 0.25) is 0 Å². The maximum absolute atomic E-state index is 6.48. The van der Waals surface area contributed by atoms with Crippen molar-refractivity contribution in [2.24, 2.45) is 5.73 Å². The molecule has 0 aliphatic heterocycles. The maximum atomic E-state index is 6.48. The zero-order valence-corrected chi connectivity index (χ0v) is 21.6. The largest absolute Gasteiger partial charge is 0.381 e. The Morgan fingerprint density at radius 3 is 1.43 bits per heavy atom. The van der Waals surface area contributed by atoms with E-state index in [2.05, 4.69) is 27.9 Å². The van der Waals surface area contributed by atoms with Crippen LogP contribution in [0.5, 0.6) is 0 Å². The Morgan fingerprint density at radius 1 is 0.567 bits per heavy atom. The van der Waals surface area contributed by atoms with Gasteiger partial charge >= 0.3 is 0 Å². The summed E-state index contributed by atoms with van der Waals surface area (Å²) >= 11 is 0. The highest BCUT2D eigenvalue weighted by Gasteiger charge is 2.23. The first kappa shape index (κ1) is 29.9. The minimum atomic E-state index is 0.266. The van der Waals surface area contributed by atoms with Gasteiger partial charge in [0.25, 0.3) is 0 Å². The molecule has 0 aromatic heterocycles. The summed E-state index contributed by atoms with van der Waals surface area (Å²) in [5, 5.41) is 0. The summed E-state index contributed by atoms with van der Waals surface area (Å²) in [6, 6.07) is 0. The van der Waals surface area contributed by atoms with Gasteiger partial charge in [-0.1, -0.05) is 110 Å². The Bertz CT molecular complexity index is 333. The Labute approximate surface area is 191 Å². The quantitative estimate of drug-likeness (QED) is 0.0968. The lowest BCUT2D eigenvalue weighted by Gasteiger charge is -2.36. The number of nitrogens with two attached hydrogens (primary N) is 1. The standard InChI is InChI=1S/C27H59N2O/c1-5-7-8-9-10-11-12-13-14-15-16-17-18-19-20-21-23-27(28)29(3,4)24-22-26-30-25-6-2/h27H,5-26,28H2,1-4H3/q+1. The average Bonchev–Trinajstić information content (AvgIpc) is 2.73. The zero-order chi connectivity index (χ0) is 22.3. The molecule has 0 aromatic rings. The van der Waals surface area contributed by atoms with Gasteiger partial charge in [-0.3, -0.25) is 5.73 Å². The van der Waals surface area contributed by atoms with Gasteiger partial charge in [-0.05, 0) is 12.8 Å². The predicted molar refractivity (Wildman–Crippen MR) is 135 cm³/mol. The fraction of sp³-hybridized carbons (Fsp3) is 1.00. The molecule has 0 spiro atoms. The summed E-state index contributed by atoms with van der Waals surface area (Å²) in [4.78, 5) is 0. The molecule has 1 unspecified atom stereocenters. The van der Waals surface area contributed by atoms with Crippen LogP contribution in [-0.2, 0) is 4.74 Å². The highest BCUT2D eigenvalue weighted by atomic mass is 16.5. The van der Waals surface area contributed by atoms with Gasteiger partial charge in [0.15, 0.2) is 0 Å². The number of unbranched alkanes of at least 4 members (excludes halogenated alkanes) is 15. The van der Waals surface area contributed by atoms with E-state index >= 15 is 0 Å². The van der Waals surface area contributed by atoms with E-state index in [0.717, 1.165) is 43.5 Å². The van der Waals surface area contributed by atoms with Crippen LogP contribution in [0, 0.1) is 0 Å². The molecule has 2 N–H and O–H groups in total. The first-order valence-corrected chi connectivity index (χ1v) is 13.7. The van der Waals surface area contributed by atoms with Crippen LogP contribution in [0.3, 0.4) is 0 Å². The molecule has 0 aliphatic rings. The fourth-order valence-corrected chi connectivity index (χ4v) is 4.24. The molecule has 182 valence electrons. The lowest BCUT2D eigenvalue weighted by atomic mass is 10.0. The van der Waals surface area contributed by atoms with Gasteiger partial charge in [-0.15, -0.1) is 0 Å². The van der Waals surface area contributed by atoms with E-state index in [1.54, 1.807) is 0 Å². The first-order valence-electron chi connectivity index (χ1n) is 13.7. The van der Waals surface area contributed by atoms with Crippen molar-refractivity contribution >= 4 is 0 Å². The summed E-state index contributed by atoms with van der Waals surface area (Å²) in [6.45, 7) is 7.33. The Morgan fingerprint density at radius 2 is 1.00 bits per heavy atom. The molecule has 0 rings (SSSR count). The Kier molecular flexibility index (Phi) is 22.0. The molecule has 0 fully saturated rings. The van der Waals surface area contributed by atoms with Crippen LogP contribution >= 0.6 is 0 Å². The van der Waals surface area contributed by atoms with Gasteiger partial charge < -0.3 is 9.22 Å². The number of hydrogen-bond donors (Lipinski definition) is 1. The summed E-state index contributed by atoms with van der Waals surface area (Å²) in [7, 11) is 4.55. The number of ether oxygens (including phenoxy) is 1. The minimum Gasteiger partial charge on any atom is -0.381 e. The van der Waals surface area contributed by atoms with E-state index < -0.39 is 0 Å². The highest BCUT2D eigenvalue weighted by molar-refractivity contribution is 4.54. The number of rotatable bonds is 24. The molecule has 0 saturated carbocycles. The minimum absolute atomic E-state index is 0.266. The van der Waals surface area contributed by atoms with Crippen molar-refractivity contribution in [3.05, 3.63) is 0 Å². The monoisotopic (exact) mass is 427 g/mol. The van der Waals surface area contributed by atoms with Crippen LogP contribution in [0.15, 0.2) is 0 Å². The van der Waals surface area contributed by atoms with Crippen LogP contribution in [0.2, 0.25) is 0 Å². The number of quaternary nitrogens is 1. The van der Waals surface area contributed by atoms with Crippen molar-refractivity contribution in [2.45, 2.75) is 142 Å². The van der Waals surface area contributed by atoms with E-state index in [1.165, 1.54) is 103 Å². The van der Waals surface area contributed by atoms with Gasteiger partial charge in [-0.25, -0.2) is 0 Å². The summed E-state index contributed by atoms with van der Waals surface area (Å²) in [5.41, 5.74) is 6.48. The molecule has 3 heteroatoms. The molecule has 0 heterocycles. The van der Waals surface area contributed by atoms with Crippen LogP contribution in [0.4, 0.5) is 0 Å². The molecule has 0 aliphatic carbocycles. The fourth-order valence-electron chi connectivity index (χ4n) is 4.24. The van der Waals surface area contributed by atoms with Crippen molar-refractivity contribution in [2.75, 3.05) is 33.9 Å². The third kappa shape index (κ3) is 19.8. The van der Waals surface area contributed by atoms with E-state index in [4.69, 9.17) is 10.5 Å². The molecule has 0 radical (unpaired) electrons. The van der Waals surface area contributed by atoms with Crippen LogP contribution < -0.4 is 5.73 Å². The summed E-state index contributed by atoms with van der Waals surface area (Å²) < 4.78 is 6.53. The van der Waals surface area contributed by atoms with Gasteiger partial charge in [0, 0.05) is 19.4 Å². The predicted octanol–water partition coefficient (Wildman–Crippen LogP) is 7.82. The second-order valence-corrected chi connectivity index (χ2v) is 10.1. The molecular weight excluding hydrogens is 368 g/mol. The molecule has 0 saturated heterocycles. The maximum Gasteiger partial charge on any atom is 0.139 e. The normalized spacial score (nSPS) is 13.1. The van der Waals surface area contributed by atoms with Crippen LogP contribution in [0.1, 0.15) is 136 Å². The topological polar surface area (TPSA) is 35.2 Å². The molecule has 30 heavy (non-hydrogen) atoms. The Balaban J connectivity index is 3.36.